The Kier molecular flexibility index (Phi) is 6.57. The van der Waals surface area contributed by atoms with Crippen molar-refractivity contribution in [3.8, 4) is 11.1 Å². The van der Waals surface area contributed by atoms with Crippen LogP contribution in [0.1, 0.15) is 30.2 Å². The van der Waals surface area contributed by atoms with Crippen molar-refractivity contribution in [3.63, 3.8) is 0 Å². The summed E-state index contributed by atoms with van der Waals surface area (Å²) in [5.41, 5.74) is 2.19. The lowest BCUT2D eigenvalue weighted by Crippen LogP contribution is -2.31. The standard InChI is InChI=1S/C24H20ClN3O4S/c1-3-32-24(31)16-6-10-18(11-7-16)27-21(29)14(2)28-13-26-22-20(23(28)30)19(12-33-22)15-4-8-17(25)9-5-15/h4-14H,3H2,1-2H3,(H,27,29). The van der Waals surface area contributed by atoms with Gasteiger partial charge in [-0.2, -0.15) is 0 Å². The number of fused-ring (bicyclic) bond motifs is 1. The van der Waals surface area contributed by atoms with Gasteiger partial charge in [0.05, 0.1) is 23.9 Å². The van der Waals surface area contributed by atoms with Crippen LogP contribution < -0.4 is 10.9 Å². The summed E-state index contributed by atoms with van der Waals surface area (Å²) in [6.45, 7) is 3.65. The van der Waals surface area contributed by atoms with Crippen LogP contribution in [0.5, 0.6) is 0 Å². The van der Waals surface area contributed by atoms with Gasteiger partial charge in [-0.3, -0.25) is 14.2 Å². The summed E-state index contributed by atoms with van der Waals surface area (Å²) in [6.07, 6.45) is 1.39. The Balaban J connectivity index is 1.59. The van der Waals surface area contributed by atoms with E-state index in [2.05, 4.69) is 10.3 Å². The highest BCUT2D eigenvalue weighted by molar-refractivity contribution is 7.17. The lowest BCUT2D eigenvalue weighted by Gasteiger charge is -2.15. The Labute approximate surface area is 198 Å². The third kappa shape index (κ3) is 4.67. The normalized spacial score (nSPS) is 11.8. The third-order valence-corrected chi connectivity index (χ3v) is 6.27. The van der Waals surface area contributed by atoms with E-state index in [9.17, 15) is 14.4 Å². The van der Waals surface area contributed by atoms with Gasteiger partial charge in [-0.1, -0.05) is 23.7 Å². The fourth-order valence-corrected chi connectivity index (χ4v) is 4.37. The fraction of sp³-hybridized carbons (Fsp3) is 0.167. The zero-order chi connectivity index (χ0) is 23.5. The topological polar surface area (TPSA) is 90.3 Å². The smallest absolute Gasteiger partial charge is 0.338 e. The molecule has 0 saturated heterocycles. The summed E-state index contributed by atoms with van der Waals surface area (Å²) in [5.74, 6) is -0.813. The van der Waals surface area contributed by atoms with E-state index in [4.69, 9.17) is 16.3 Å². The first kappa shape index (κ1) is 22.7. The van der Waals surface area contributed by atoms with E-state index in [-0.39, 0.29) is 18.1 Å². The first-order chi connectivity index (χ1) is 15.9. The summed E-state index contributed by atoms with van der Waals surface area (Å²) < 4.78 is 6.27. The van der Waals surface area contributed by atoms with Crippen LogP contribution in [0.4, 0.5) is 5.69 Å². The average Bonchev–Trinajstić information content (AvgIpc) is 3.25. The molecule has 1 amide bonds. The molecule has 1 N–H and O–H groups in total. The molecule has 0 radical (unpaired) electrons. The van der Waals surface area contributed by atoms with E-state index in [1.807, 2.05) is 17.5 Å². The molecule has 33 heavy (non-hydrogen) atoms. The summed E-state index contributed by atoms with van der Waals surface area (Å²) in [7, 11) is 0. The maximum absolute atomic E-state index is 13.3. The number of anilines is 1. The van der Waals surface area contributed by atoms with Crippen LogP contribution >= 0.6 is 22.9 Å². The second-order valence-corrected chi connectivity index (χ2v) is 8.55. The molecule has 4 rings (SSSR count). The summed E-state index contributed by atoms with van der Waals surface area (Å²) in [6, 6.07) is 12.8. The molecule has 2 aromatic heterocycles. The SMILES string of the molecule is CCOC(=O)c1ccc(NC(=O)C(C)n2cnc3scc(-c4ccc(Cl)cc4)c3c2=O)cc1. The van der Waals surface area contributed by atoms with Gasteiger partial charge in [0, 0.05) is 21.7 Å². The van der Waals surface area contributed by atoms with Gasteiger partial charge in [-0.25, -0.2) is 9.78 Å². The van der Waals surface area contributed by atoms with E-state index in [1.165, 1.54) is 22.2 Å². The minimum Gasteiger partial charge on any atom is -0.462 e. The molecule has 2 aromatic carbocycles. The molecule has 1 unspecified atom stereocenters. The lowest BCUT2D eigenvalue weighted by atomic mass is 10.1. The van der Waals surface area contributed by atoms with E-state index in [1.54, 1.807) is 50.2 Å². The maximum atomic E-state index is 13.3. The summed E-state index contributed by atoms with van der Waals surface area (Å²) in [5, 5.41) is 5.71. The molecule has 0 fully saturated rings. The van der Waals surface area contributed by atoms with E-state index >= 15 is 0 Å². The van der Waals surface area contributed by atoms with Gasteiger partial charge in [0.25, 0.3) is 5.56 Å². The number of rotatable bonds is 6. The number of nitrogens with zero attached hydrogens (tertiary/aromatic N) is 2. The van der Waals surface area contributed by atoms with Crippen LogP contribution in [0.15, 0.2) is 65.0 Å². The van der Waals surface area contributed by atoms with Gasteiger partial charge >= 0.3 is 5.97 Å². The highest BCUT2D eigenvalue weighted by Gasteiger charge is 2.20. The Morgan fingerprint density at radius 2 is 1.85 bits per heavy atom. The summed E-state index contributed by atoms with van der Waals surface area (Å²) in [4.78, 5) is 42.9. The average molecular weight is 482 g/mol. The Bertz CT molecular complexity index is 1380. The van der Waals surface area contributed by atoms with E-state index in [0.29, 0.717) is 26.5 Å². The molecule has 168 valence electrons. The van der Waals surface area contributed by atoms with Gasteiger partial charge in [0.1, 0.15) is 10.9 Å². The molecule has 0 spiro atoms. The zero-order valence-electron chi connectivity index (χ0n) is 17.9. The first-order valence-corrected chi connectivity index (χ1v) is 11.5. The molecular weight excluding hydrogens is 462 g/mol. The molecule has 9 heteroatoms. The number of benzene rings is 2. The number of esters is 1. The second kappa shape index (κ2) is 9.56. The van der Waals surface area contributed by atoms with Gasteiger partial charge in [0.15, 0.2) is 0 Å². The Morgan fingerprint density at radius 3 is 2.52 bits per heavy atom. The minimum absolute atomic E-state index is 0.284. The van der Waals surface area contributed by atoms with Gasteiger partial charge in [0.2, 0.25) is 5.91 Å². The van der Waals surface area contributed by atoms with Gasteiger partial charge in [-0.15, -0.1) is 11.3 Å². The molecule has 0 aliphatic carbocycles. The number of thiophene rings is 1. The quantitative estimate of drug-likeness (QED) is 0.384. The molecule has 4 aromatic rings. The predicted molar refractivity (Wildman–Crippen MR) is 130 cm³/mol. The van der Waals surface area contributed by atoms with Crippen LogP contribution in [-0.2, 0) is 9.53 Å². The highest BCUT2D eigenvalue weighted by Crippen LogP contribution is 2.31. The minimum atomic E-state index is -0.808. The number of aromatic nitrogens is 2. The number of hydrogen-bond acceptors (Lipinski definition) is 6. The van der Waals surface area contributed by atoms with Crippen LogP contribution in [0.2, 0.25) is 5.02 Å². The van der Waals surface area contributed by atoms with Crippen molar-refractivity contribution < 1.29 is 14.3 Å². The highest BCUT2D eigenvalue weighted by atomic mass is 35.5. The monoisotopic (exact) mass is 481 g/mol. The molecule has 1 atom stereocenters. The number of carbonyl (C=O) groups excluding carboxylic acids is 2. The number of ether oxygens (including phenoxy) is 1. The fourth-order valence-electron chi connectivity index (χ4n) is 3.34. The maximum Gasteiger partial charge on any atom is 0.338 e. The van der Waals surface area contributed by atoms with Crippen LogP contribution in [0.25, 0.3) is 21.3 Å². The van der Waals surface area contributed by atoms with E-state index in [0.717, 1.165) is 11.1 Å². The van der Waals surface area contributed by atoms with Crippen LogP contribution in [0.3, 0.4) is 0 Å². The molecule has 0 saturated carbocycles. The zero-order valence-corrected chi connectivity index (χ0v) is 19.4. The number of hydrogen-bond donors (Lipinski definition) is 1. The van der Waals surface area contributed by atoms with Crippen molar-refractivity contribution in [2.45, 2.75) is 19.9 Å². The largest absolute Gasteiger partial charge is 0.462 e. The first-order valence-electron chi connectivity index (χ1n) is 10.2. The molecule has 0 bridgehead atoms. The Hall–Kier alpha value is -3.49. The van der Waals surface area contributed by atoms with E-state index < -0.39 is 12.0 Å². The van der Waals surface area contributed by atoms with Crippen LogP contribution in [-0.4, -0.2) is 28.0 Å². The van der Waals surface area contributed by atoms with Crippen molar-refractivity contribution in [3.05, 3.63) is 81.2 Å². The van der Waals surface area contributed by atoms with Gasteiger partial charge < -0.3 is 10.1 Å². The third-order valence-electron chi connectivity index (χ3n) is 5.13. The second-order valence-electron chi connectivity index (χ2n) is 7.26. The lowest BCUT2D eigenvalue weighted by molar-refractivity contribution is -0.118. The van der Waals surface area contributed by atoms with Crippen molar-refractivity contribution in [2.75, 3.05) is 11.9 Å². The summed E-state index contributed by atoms with van der Waals surface area (Å²) >= 11 is 7.36. The van der Waals surface area contributed by atoms with Crippen LogP contribution in [0, 0.1) is 0 Å². The van der Waals surface area contributed by atoms with Crippen molar-refractivity contribution in [1.82, 2.24) is 9.55 Å². The molecular formula is C24H20ClN3O4S. The predicted octanol–water partition coefficient (Wildman–Crippen LogP) is 5.15. The number of nitrogens with one attached hydrogen (secondary N) is 1. The number of carbonyl (C=O) groups is 2. The van der Waals surface area contributed by atoms with Crippen molar-refractivity contribution in [1.29, 1.82) is 0 Å². The molecule has 0 aliphatic rings. The Morgan fingerprint density at radius 1 is 1.15 bits per heavy atom. The van der Waals surface area contributed by atoms with Gasteiger partial charge in [-0.05, 0) is 55.8 Å². The molecule has 0 aliphatic heterocycles. The van der Waals surface area contributed by atoms with Crippen molar-refractivity contribution >= 4 is 50.7 Å². The molecule has 2 heterocycles. The van der Waals surface area contributed by atoms with Crippen molar-refractivity contribution in [2.24, 2.45) is 0 Å². The number of amides is 1. The number of halogens is 1. The molecule has 7 nitrogen and oxygen atoms in total.